The fourth-order valence-corrected chi connectivity index (χ4v) is 5.99. The van der Waals surface area contributed by atoms with Crippen LogP contribution < -0.4 is 20.3 Å². The number of hydrogen-bond donors (Lipinski definition) is 2. The van der Waals surface area contributed by atoms with Gasteiger partial charge in [0.2, 0.25) is 5.79 Å². The summed E-state index contributed by atoms with van der Waals surface area (Å²) in [4.78, 5) is 9.01. The van der Waals surface area contributed by atoms with Crippen LogP contribution in [0.3, 0.4) is 0 Å². The van der Waals surface area contributed by atoms with E-state index in [1.165, 1.54) is 5.69 Å². The average Bonchev–Trinajstić information content (AvgIpc) is 3.70. The summed E-state index contributed by atoms with van der Waals surface area (Å²) in [6.07, 6.45) is 5.14. The number of benzene rings is 2. The lowest BCUT2D eigenvalue weighted by molar-refractivity contribution is -0.189. The zero-order valence-corrected chi connectivity index (χ0v) is 27.4. The topological polar surface area (TPSA) is 85.3 Å². The largest absolute Gasteiger partial charge is 0.491 e. The van der Waals surface area contributed by atoms with Crippen LogP contribution in [0.1, 0.15) is 12.5 Å². The van der Waals surface area contributed by atoms with Crippen molar-refractivity contribution >= 4 is 46.2 Å². The van der Waals surface area contributed by atoms with E-state index in [0.717, 1.165) is 45.0 Å². The van der Waals surface area contributed by atoms with Crippen molar-refractivity contribution in [3.05, 3.63) is 76.8 Å². The minimum Gasteiger partial charge on any atom is -0.491 e. The standard InChI is InChI=1S/C31H40Cl2N6O4S/c1-23(40-2)18-36-30(44)35-10-12-37-13-15-39(16-14-37)25-4-6-26(7-5-25)41-19-27-20-42-31(43-27,21-38-11-9-34-22-38)28-8-3-24(32)17-29(28)33/h3-9,11,17,22-23,27H,10,12-16,18-21H2,1-2H3,(H2,35,36,44)/t23?,27-,31-/m1/s1. The van der Waals surface area contributed by atoms with E-state index < -0.39 is 5.79 Å². The predicted octanol–water partition coefficient (Wildman–Crippen LogP) is 4.16. The summed E-state index contributed by atoms with van der Waals surface area (Å²) in [5.74, 6) is -0.299. The number of rotatable bonds is 13. The molecule has 2 aromatic carbocycles. The maximum Gasteiger partial charge on any atom is 0.215 e. The molecule has 2 saturated heterocycles. The quantitative estimate of drug-likeness (QED) is 0.260. The molecule has 0 amide bonds. The SMILES string of the molecule is COC(C)CNC(=S)NCCN1CCN(c2ccc(OC[C@@H]3CO[C@@](Cn4ccnc4)(c4ccc(Cl)cc4Cl)O3)cc2)CC1. The number of methoxy groups -OCH3 is 1. The fraction of sp³-hybridized carbons (Fsp3) is 0.484. The van der Waals surface area contributed by atoms with E-state index in [2.05, 4.69) is 37.6 Å². The molecule has 2 aliphatic rings. The number of anilines is 1. The van der Waals surface area contributed by atoms with Crippen molar-refractivity contribution in [1.82, 2.24) is 25.1 Å². The van der Waals surface area contributed by atoms with Crippen LogP contribution in [0, 0.1) is 0 Å². The van der Waals surface area contributed by atoms with Gasteiger partial charge in [0.1, 0.15) is 18.5 Å². The first kappa shape index (κ1) is 32.7. The minimum atomic E-state index is -1.08. The molecular formula is C31H40Cl2N6O4S. The first-order valence-electron chi connectivity index (χ1n) is 14.8. The monoisotopic (exact) mass is 662 g/mol. The number of thiocarbonyl (C=S) groups is 1. The highest BCUT2D eigenvalue weighted by Crippen LogP contribution is 2.40. The maximum atomic E-state index is 6.58. The number of nitrogens with zero attached hydrogens (tertiary/aromatic N) is 4. The smallest absolute Gasteiger partial charge is 0.215 e. The molecule has 3 heterocycles. The van der Waals surface area contributed by atoms with Crippen LogP contribution in [-0.2, 0) is 26.5 Å². The molecule has 3 aromatic rings. The molecule has 0 bridgehead atoms. The third-order valence-electron chi connectivity index (χ3n) is 7.83. The van der Waals surface area contributed by atoms with Gasteiger partial charge in [-0.3, -0.25) is 4.90 Å². The van der Waals surface area contributed by atoms with Gasteiger partial charge in [0.25, 0.3) is 0 Å². The van der Waals surface area contributed by atoms with E-state index in [4.69, 9.17) is 54.4 Å². The lowest BCUT2D eigenvalue weighted by Gasteiger charge is -2.36. The number of piperazine rings is 1. The molecule has 2 fully saturated rings. The van der Waals surface area contributed by atoms with E-state index >= 15 is 0 Å². The zero-order chi connectivity index (χ0) is 30.9. The highest BCUT2D eigenvalue weighted by Gasteiger charge is 2.45. The van der Waals surface area contributed by atoms with Gasteiger partial charge in [-0.15, -0.1) is 0 Å². The van der Waals surface area contributed by atoms with Gasteiger partial charge >= 0.3 is 0 Å². The van der Waals surface area contributed by atoms with E-state index in [1.54, 1.807) is 31.8 Å². The van der Waals surface area contributed by atoms with E-state index in [0.29, 0.717) is 47.0 Å². The molecule has 238 valence electrons. The Kier molecular flexibility index (Phi) is 11.6. The molecule has 2 N–H and O–H groups in total. The Morgan fingerprint density at radius 2 is 1.93 bits per heavy atom. The van der Waals surface area contributed by atoms with E-state index in [1.807, 2.05) is 35.9 Å². The van der Waals surface area contributed by atoms with Crippen molar-refractivity contribution in [3.63, 3.8) is 0 Å². The summed E-state index contributed by atoms with van der Waals surface area (Å²) in [6.45, 7) is 9.48. The number of halogens is 2. The summed E-state index contributed by atoms with van der Waals surface area (Å²) in [5.41, 5.74) is 1.90. The molecule has 13 heteroatoms. The van der Waals surface area contributed by atoms with Gasteiger partial charge in [0, 0.05) is 81.6 Å². The Bertz CT molecular complexity index is 1340. The van der Waals surface area contributed by atoms with Gasteiger partial charge in [-0.05, 0) is 55.5 Å². The summed E-state index contributed by atoms with van der Waals surface area (Å²) < 4.78 is 26.0. The van der Waals surface area contributed by atoms with Crippen LogP contribution in [-0.4, -0.2) is 97.9 Å². The van der Waals surface area contributed by atoms with Gasteiger partial charge in [-0.25, -0.2) is 4.98 Å². The average molecular weight is 664 g/mol. The molecule has 0 spiro atoms. The number of nitrogens with one attached hydrogen (secondary N) is 2. The van der Waals surface area contributed by atoms with Gasteiger partial charge in [-0.1, -0.05) is 29.3 Å². The molecule has 0 radical (unpaired) electrons. The summed E-state index contributed by atoms with van der Waals surface area (Å²) in [6, 6.07) is 13.6. The maximum absolute atomic E-state index is 6.58. The normalized spacial score (nSPS) is 21.3. The molecule has 1 unspecified atom stereocenters. The van der Waals surface area contributed by atoms with Gasteiger partial charge in [0.15, 0.2) is 5.11 Å². The lowest BCUT2D eigenvalue weighted by atomic mass is 10.1. The number of hydrogen-bond acceptors (Lipinski definition) is 8. The van der Waals surface area contributed by atoms with Gasteiger partial charge in [-0.2, -0.15) is 0 Å². The molecule has 0 saturated carbocycles. The Balaban J connectivity index is 1.07. The fourth-order valence-electron chi connectivity index (χ4n) is 5.26. The Labute approximate surface area is 274 Å². The van der Waals surface area contributed by atoms with Crippen molar-refractivity contribution in [2.45, 2.75) is 31.5 Å². The first-order valence-corrected chi connectivity index (χ1v) is 16.0. The number of aromatic nitrogens is 2. The number of ether oxygens (including phenoxy) is 4. The highest BCUT2D eigenvalue weighted by atomic mass is 35.5. The molecule has 10 nitrogen and oxygen atoms in total. The van der Waals surface area contributed by atoms with Crippen molar-refractivity contribution in [1.29, 1.82) is 0 Å². The van der Waals surface area contributed by atoms with Crippen LogP contribution in [0.2, 0.25) is 10.0 Å². The van der Waals surface area contributed by atoms with Crippen molar-refractivity contribution in [2.75, 3.05) is 71.0 Å². The summed E-state index contributed by atoms with van der Waals surface area (Å²) in [7, 11) is 1.70. The third-order valence-corrected chi connectivity index (χ3v) is 8.66. The Morgan fingerprint density at radius 3 is 2.64 bits per heavy atom. The van der Waals surface area contributed by atoms with Crippen molar-refractivity contribution in [3.8, 4) is 5.75 Å². The second kappa shape index (κ2) is 15.6. The second-order valence-corrected chi connectivity index (χ2v) is 12.2. The van der Waals surface area contributed by atoms with Crippen molar-refractivity contribution < 1.29 is 18.9 Å². The Morgan fingerprint density at radius 1 is 1.14 bits per heavy atom. The summed E-state index contributed by atoms with van der Waals surface area (Å²) in [5, 5.41) is 8.17. The van der Waals surface area contributed by atoms with Crippen LogP contribution >= 0.6 is 35.4 Å². The Hall–Kier alpha value is -2.64. The molecule has 44 heavy (non-hydrogen) atoms. The molecular weight excluding hydrogens is 623 g/mol. The van der Waals surface area contributed by atoms with E-state index in [9.17, 15) is 0 Å². The van der Waals surface area contributed by atoms with E-state index in [-0.39, 0.29) is 12.2 Å². The van der Waals surface area contributed by atoms with Gasteiger partial charge in [0.05, 0.1) is 30.6 Å². The zero-order valence-electron chi connectivity index (χ0n) is 25.1. The van der Waals surface area contributed by atoms with Crippen LogP contribution in [0.15, 0.2) is 61.2 Å². The molecule has 3 atom stereocenters. The second-order valence-electron chi connectivity index (χ2n) is 11.0. The highest BCUT2D eigenvalue weighted by molar-refractivity contribution is 7.80. The van der Waals surface area contributed by atoms with Crippen LogP contribution in [0.25, 0.3) is 0 Å². The van der Waals surface area contributed by atoms with Crippen LogP contribution in [0.4, 0.5) is 5.69 Å². The number of imidazole rings is 1. The molecule has 5 rings (SSSR count). The molecule has 0 aliphatic carbocycles. The predicted molar refractivity (Wildman–Crippen MR) is 177 cm³/mol. The minimum absolute atomic E-state index is 0.124. The van der Waals surface area contributed by atoms with Crippen molar-refractivity contribution in [2.24, 2.45) is 0 Å². The molecule has 1 aromatic heterocycles. The van der Waals surface area contributed by atoms with Crippen LogP contribution in [0.5, 0.6) is 5.75 Å². The lowest BCUT2D eigenvalue weighted by Crippen LogP contribution is -2.49. The summed E-state index contributed by atoms with van der Waals surface area (Å²) >= 11 is 18.1. The first-order chi connectivity index (χ1) is 21.3. The van der Waals surface area contributed by atoms with Gasteiger partial charge < -0.3 is 39.0 Å². The third kappa shape index (κ3) is 8.75. The molecule has 2 aliphatic heterocycles.